The van der Waals surface area contributed by atoms with Crippen molar-refractivity contribution >= 4 is 15.8 Å². The summed E-state index contributed by atoms with van der Waals surface area (Å²) in [6, 6.07) is 12.7. The minimum absolute atomic E-state index is 0.0457. The zero-order chi connectivity index (χ0) is 23.9. The summed E-state index contributed by atoms with van der Waals surface area (Å²) in [5.74, 6) is -0.218. The molecule has 2 aromatic carbocycles. The van der Waals surface area contributed by atoms with Crippen molar-refractivity contribution in [3.63, 3.8) is 0 Å². The molecular weight excluding hydrogens is 446 g/mol. The number of benzene rings is 2. The molecule has 1 atom stereocenters. The third kappa shape index (κ3) is 5.66. The van der Waals surface area contributed by atoms with Crippen molar-refractivity contribution in [1.82, 2.24) is 4.90 Å². The lowest BCUT2D eigenvalue weighted by Gasteiger charge is -2.28. The second-order valence-electron chi connectivity index (χ2n) is 7.96. The lowest BCUT2D eigenvalue weighted by molar-refractivity contribution is -0.140. The summed E-state index contributed by atoms with van der Waals surface area (Å²) < 4.78 is 41.1. The number of morpholine rings is 1. The Kier molecular flexibility index (Phi) is 8.34. The smallest absolute Gasteiger partial charge is 0.325 e. The number of hydrogen-bond donors (Lipinski definition) is 1. The Bertz CT molecular complexity index is 1020. The van der Waals surface area contributed by atoms with Crippen LogP contribution in [0.2, 0.25) is 0 Å². The molecule has 0 spiro atoms. The van der Waals surface area contributed by atoms with E-state index in [0.29, 0.717) is 23.7 Å². The Morgan fingerprint density at radius 2 is 1.67 bits per heavy atom. The number of ether oxygens (including phenoxy) is 3. The summed E-state index contributed by atoms with van der Waals surface area (Å²) in [6.07, 6.45) is -0.226. The summed E-state index contributed by atoms with van der Waals surface area (Å²) in [6.45, 7) is 6.15. The number of sulfone groups is 1. The van der Waals surface area contributed by atoms with E-state index < -0.39 is 20.6 Å². The second-order valence-corrected chi connectivity index (χ2v) is 10.2. The second kappa shape index (κ2) is 11.0. The van der Waals surface area contributed by atoms with Gasteiger partial charge in [0.05, 0.1) is 25.2 Å². The predicted molar refractivity (Wildman–Crippen MR) is 124 cm³/mol. The van der Waals surface area contributed by atoms with Gasteiger partial charge in [0, 0.05) is 26.1 Å². The van der Waals surface area contributed by atoms with Crippen LogP contribution in [0.15, 0.2) is 53.4 Å². The van der Waals surface area contributed by atoms with Crippen LogP contribution >= 0.6 is 0 Å². The van der Waals surface area contributed by atoms with Gasteiger partial charge in [-0.3, -0.25) is 9.69 Å². The third-order valence-corrected chi connectivity index (χ3v) is 8.57. The molecule has 1 aliphatic heterocycles. The van der Waals surface area contributed by atoms with Gasteiger partial charge in [-0.15, -0.1) is 0 Å². The van der Waals surface area contributed by atoms with E-state index >= 15 is 0 Å². The molecule has 1 unspecified atom stereocenters. The number of hydrogen-bond acceptors (Lipinski definition) is 7. The first kappa shape index (κ1) is 25.0. The van der Waals surface area contributed by atoms with E-state index in [9.17, 15) is 18.3 Å². The van der Waals surface area contributed by atoms with Crippen LogP contribution in [0, 0.1) is 0 Å². The van der Waals surface area contributed by atoms with Crippen molar-refractivity contribution < 1.29 is 32.5 Å². The number of aliphatic carboxylic acids is 1. The van der Waals surface area contributed by atoms with Gasteiger partial charge in [-0.05, 0) is 48.4 Å². The Morgan fingerprint density at radius 3 is 2.21 bits per heavy atom. The Hall–Kier alpha value is -2.62. The van der Waals surface area contributed by atoms with E-state index in [1.54, 1.807) is 31.2 Å². The third-order valence-electron chi connectivity index (χ3n) is 6.04. The van der Waals surface area contributed by atoms with Crippen molar-refractivity contribution in [2.24, 2.45) is 0 Å². The number of nitrogens with zero attached hydrogens (tertiary/aromatic N) is 1. The number of carboxylic acid groups (broad SMARTS) is 1. The zero-order valence-corrected chi connectivity index (χ0v) is 19.8. The van der Waals surface area contributed by atoms with Crippen molar-refractivity contribution in [2.45, 2.75) is 29.4 Å². The summed E-state index contributed by atoms with van der Waals surface area (Å²) in [4.78, 5) is 14.5. The first-order chi connectivity index (χ1) is 15.8. The lowest BCUT2D eigenvalue weighted by atomic mass is 9.96. The van der Waals surface area contributed by atoms with E-state index in [1.165, 1.54) is 31.4 Å². The van der Waals surface area contributed by atoms with E-state index in [0.717, 1.165) is 32.8 Å². The monoisotopic (exact) mass is 477 g/mol. The molecule has 8 nitrogen and oxygen atoms in total. The van der Waals surface area contributed by atoms with E-state index in [-0.39, 0.29) is 17.7 Å². The van der Waals surface area contributed by atoms with Crippen molar-refractivity contribution in [3.8, 4) is 11.5 Å². The van der Waals surface area contributed by atoms with Crippen LogP contribution in [0.4, 0.5) is 0 Å². The molecule has 1 aliphatic rings. The van der Waals surface area contributed by atoms with Crippen LogP contribution in [0.1, 0.15) is 18.9 Å². The lowest BCUT2D eigenvalue weighted by Crippen LogP contribution is -2.48. The SMILES string of the molecule is CCC(Cc1ccc(OCCN2CCOCC2)cc1)(C(=O)O)S(=O)(=O)c1ccc(OC)cc1. The average molecular weight is 478 g/mol. The number of methoxy groups -OCH3 is 1. The Labute approximate surface area is 195 Å². The molecule has 0 amide bonds. The first-order valence-electron chi connectivity index (χ1n) is 11.0. The van der Waals surface area contributed by atoms with Crippen LogP contribution in [-0.4, -0.2) is 75.7 Å². The molecule has 180 valence electrons. The van der Waals surface area contributed by atoms with Crippen LogP contribution in [0.3, 0.4) is 0 Å². The molecule has 1 saturated heterocycles. The summed E-state index contributed by atoms with van der Waals surface area (Å²) in [5, 5.41) is 10.0. The van der Waals surface area contributed by atoms with Crippen molar-refractivity contribution in [2.75, 3.05) is 46.6 Å². The maximum absolute atomic E-state index is 13.4. The summed E-state index contributed by atoms with van der Waals surface area (Å²) in [7, 11) is -2.69. The predicted octanol–water partition coefficient (Wildman–Crippen LogP) is 2.66. The van der Waals surface area contributed by atoms with E-state index in [1.807, 2.05) is 0 Å². The molecule has 33 heavy (non-hydrogen) atoms. The first-order valence-corrected chi connectivity index (χ1v) is 12.4. The maximum atomic E-state index is 13.4. The van der Waals surface area contributed by atoms with Crippen molar-refractivity contribution in [1.29, 1.82) is 0 Å². The van der Waals surface area contributed by atoms with Crippen molar-refractivity contribution in [3.05, 3.63) is 54.1 Å². The highest BCUT2D eigenvalue weighted by Crippen LogP contribution is 2.34. The van der Waals surface area contributed by atoms with Crippen LogP contribution in [-0.2, 0) is 25.8 Å². The number of carboxylic acids is 1. The van der Waals surface area contributed by atoms with Gasteiger partial charge in [0.2, 0.25) is 0 Å². The normalized spacial score (nSPS) is 16.7. The molecule has 1 fully saturated rings. The Balaban J connectivity index is 1.73. The van der Waals surface area contributed by atoms with Gasteiger partial charge in [-0.2, -0.15) is 0 Å². The molecule has 0 aliphatic carbocycles. The van der Waals surface area contributed by atoms with Gasteiger partial charge in [-0.1, -0.05) is 19.1 Å². The minimum Gasteiger partial charge on any atom is -0.497 e. The van der Waals surface area contributed by atoms with Gasteiger partial charge in [0.15, 0.2) is 14.6 Å². The van der Waals surface area contributed by atoms with Crippen LogP contribution in [0.25, 0.3) is 0 Å². The molecule has 2 aromatic rings. The fourth-order valence-corrected chi connectivity index (χ4v) is 5.80. The highest BCUT2D eigenvalue weighted by molar-refractivity contribution is 7.93. The van der Waals surface area contributed by atoms with Crippen LogP contribution in [0.5, 0.6) is 11.5 Å². The van der Waals surface area contributed by atoms with E-state index in [4.69, 9.17) is 14.2 Å². The van der Waals surface area contributed by atoms with Crippen LogP contribution < -0.4 is 9.47 Å². The maximum Gasteiger partial charge on any atom is 0.325 e. The topological polar surface area (TPSA) is 102 Å². The highest BCUT2D eigenvalue weighted by Gasteiger charge is 2.50. The minimum atomic E-state index is -4.17. The van der Waals surface area contributed by atoms with Gasteiger partial charge >= 0.3 is 5.97 Å². The van der Waals surface area contributed by atoms with Gasteiger partial charge in [0.25, 0.3) is 0 Å². The Morgan fingerprint density at radius 1 is 1.06 bits per heavy atom. The highest BCUT2D eigenvalue weighted by atomic mass is 32.2. The molecule has 9 heteroatoms. The summed E-state index contributed by atoms with van der Waals surface area (Å²) >= 11 is 0. The fraction of sp³-hybridized carbons (Fsp3) is 0.458. The molecular formula is C24H31NO7S. The fourth-order valence-electron chi connectivity index (χ4n) is 3.88. The molecule has 0 bridgehead atoms. The van der Waals surface area contributed by atoms with Gasteiger partial charge in [-0.25, -0.2) is 8.42 Å². The zero-order valence-electron chi connectivity index (χ0n) is 19.0. The van der Waals surface area contributed by atoms with Gasteiger partial charge in [0.1, 0.15) is 18.1 Å². The standard InChI is InChI=1S/C24H31NO7S/c1-3-24(23(26)27,33(28,29)22-10-8-20(30-2)9-11-22)18-19-4-6-21(7-5-19)32-17-14-25-12-15-31-16-13-25/h4-11H,3,12-18H2,1-2H3,(H,26,27). The van der Waals surface area contributed by atoms with E-state index in [2.05, 4.69) is 4.90 Å². The molecule has 1 heterocycles. The largest absolute Gasteiger partial charge is 0.497 e. The number of carbonyl (C=O) groups is 1. The summed E-state index contributed by atoms with van der Waals surface area (Å²) in [5.41, 5.74) is 0.608. The van der Waals surface area contributed by atoms with Gasteiger partial charge < -0.3 is 19.3 Å². The quantitative estimate of drug-likeness (QED) is 0.527. The molecule has 1 N–H and O–H groups in total. The molecule has 3 rings (SSSR count). The number of rotatable bonds is 11. The molecule has 0 saturated carbocycles. The average Bonchev–Trinajstić information content (AvgIpc) is 2.84. The molecule has 0 radical (unpaired) electrons. The molecule has 0 aromatic heterocycles.